The summed E-state index contributed by atoms with van der Waals surface area (Å²) in [5.41, 5.74) is 1.91. The number of fused-ring (bicyclic) bond motifs is 1. The molecule has 1 atom stereocenters. The highest BCUT2D eigenvalue weighted by atomic mass is 16.4. The number of carbonyl (C=O) groups excluding carboxylic acids is 1. The van der Waals surface area contributed by atoms with Crippen LogP contribution in [0.3, 0.4) is 0 Å². The fraction of sp³-hybridized carbons (Fsp3) is 0.500. The number of nitrogens with zero attached hydrogens (tertiary/aromatic N) is 2. The maximum Gasteiger partial charge on any atom is 0.419 e. The van der Waals surface area contributed by atoms with Crippen LogP contribution in [-0.4, -0.2) is 48.6 Å². The number of benzene rings is 1. The summed E-state index contributed by atoms with van der Waals surface area (Å²) in [5.74, 6) is -0.407. The SMILES string of the molecule is CN(C)CCn1c(=O)oc2ccc(NC(=O)C3CCCN3)cc21. The standard InChI is InChI=1S/C16H22N4O3/c1-19(2)8-9-20-13-10-11(5-6-14(13)23-16(20)22)18-15(21)12-4-3-7-17-12/h5-6,10,12,17H,3-4,7-9H2,1-2H3,(H,18,21). The molecule has 1 aromatic carbocycles. The molecule has 0 spiro atoms. The van der Waals surface area contributed by atoms with Gasteiger partial charge in [0.2, 0.25) is 5.91 Å². The van der Waals surface area contributed by atoms with Crippen molar-refractivity contribution in [1.82, 2.24) is 14.8 Å². The zero-order valence-electron chi connectivity index (χ0n) is 13.5. The summed E-state index contributed by atoms with van der Waals surface area (Å²) in [6.45, 7) is 2.15. The van der Waals surface area contributed by atoms with Gasteiger partial charge in [-0.1, -0.05) is 0 Å². The van der Waals surface area contributed by atoms with Crippen LogP contribution in [0, 0.1) is 0 Å². The van der Waals surface area contributed by atoms with E-state index in [-0.39, 0.29) is 17.7 Å². The van der Waals surface area contributed by atoms with E-state index < -0.39 is 0 Å². The molecule has 1 unspecified atom stereocenters. The second-order valence-corrected chi connectivity index (χ2v) is 6.14. The quantitative estimate of drug-likeness (QED) is 0.854. The number of hydrogen-bond donors (Lipinski definition) is 2. The van der Waals surface area contributed by atoms with E-state index in [1.165, 1.54) is 0 Å². The first-order valence-corrected chi connectivity index (χ1v) is 7.87. The van der Waals surface area contributed by atoms with Crippen LogP contribution in [0.5, 0.6) is 0 Å². The second-order valence-electron chi connectivity index (χ2n) is 6.14. The molecule has 1 aliphatic heterocycles. The lowest BCUT2D eigenvalue weighted by atomic mass is 10.2. The first kappa shape index (κ1) is 15.8. The summed E-state index contributed by atoms with van der Waals surface area (Å²) < 4.78 is 6.85. The molecule has 1 saturated heterocycles. The van der Waals surface area contributed by atoms with Crippen LogP contribution in [0.25, 0.3) is 11.1 Å². The van der Waals surface area contributed by atoms with Crippen LogP contribution < -0.4 is 16.4 Å². The molecular weight excluding hydrogens is 296 g/mol. The monoisotopic (exact) mass is 318 g/mol. The number of carbonyl (C=O) groups is 1. The van der Waals surface area contributed by atoms with Crippen molar-refractivity contribution in [2.75, 3.05) is 32.5 Å². The zero-order chi connectivity index (χ0) is 16.4. The third kappa shape index (κ3) is 3.46. The van der Waals surface area contributed by atoms with Crippen molar-refractivity contribution >= 4 is 22.7 Å². The summed E-state index contributed by atoms with van der Waals surface area (Å²) in [7, 11) is 3.90. The maximum atomic E-state index is 12.2. The number of hydrogen-bond acceptors (Lipinski definition) is 5. The molecule has 0 saturated carbocycles. The average molecular weight is 318 g/mol. The fourth-order valence-electron chi connectivity index (χ4n) is 2.79. The lowest BCUT2D eigenvalue weighted by Crippen LogP contribution is -2.35. The zero-order valence-corrected chi connectivity index (χ0v) is 13.5. The van der Waals surface area contributed by atoms with Gasteiger partial charge >= 0.3 is 5.76 Å². The number of amides is 1. The van der Waals surface area contributed by atoms with Gasteiger partial charge in [0.25, 0.3) is 0 Å². The molecule has 124 valence electrons. The molecule has 2 heterocycles. The number of rotatable bonds is 5. The Morgan fingerprint density at radius 3 is 3.00 bits per heavy atom. The van der Waals surface area contributed by atoms with Crippen LogP contribution in [-0.2, 0) is 11.3 Å². The predicted molar refractivity (Wildman–Crippen MR) is 88.7 cm³/mol. The van der Waals surface area contributed by atoms with Gasteiger partial charge in [-0.15, -0.1) is 0 Å². The summed E-state index contributed by atoms with van der Waals surface area (Å²) in [4.78, 5) is 26.2. The van der Waals surface area contributed by atoms with Gasteiger partial charge in [-0.05, 0) is 51.7 Å². The summed E-state index contributed by atoms with van der Waals surface area (Å²) in [6.07, 6.45) is 1.87. The van der Waals surface area contributed by atoms with Crippen LogP contribution >= 0.6 is 0 Å². The van der Waals surface area contributed by atoms with Gasteiger partial charge in [0.1, 0.15) is 0 Å². The lowest BCUT2D eigenvalue weighted by Gasteiger charge is -2.12. The molecule has 2 aromatic rings. The first-order valence-electron chi connectivity index (χ1n) is 7.87. The Morgan fingerprint density at radius 2 is 2.30 bits per heavy atom. The van der Waals surface area contributed by atoms with Crippen LogP contribution in [0.2, 0.25) is 0 Å². The van der Waals surface area contributed by atoms with E-state index in [1.807, 2.05) is 19.0 Å². The molecule has 1 aliphatic rings. The highest BCUT2D eigenvalue weighted by molar-refractivity contribution is 5.96. The topological polar surface area (TPSA) is 79.5 Å². The maximum absolute atomic E-state index is 12.2. The Balaban J connectivity index is 1.83. The van der Waals surface area contributed by atoms with Crippen molar-refractivity contribution in [2.45, 2.75) is 25.4 Å². The summed E-state index contributed by atoms with van der Waals surface area (Å²) in [6, 6.07) is 5.14. The van der Waals surface area contributed by atoms with E-state index in [0.29, 0.717) is 23.3 Å². The largest absolute Gasteiger partial charge is 0.419 e. The molecule has 7 heteroatoms. The number of oxazole rings is 1. The molecule has 1 fully saturated rings. The molecule has 7 nitrogen and oxygen atoms in total. The minimum Gasteiger partial charge on any atom is -0.408 e. The van der Waals surface area contributed by atoms with Crippen molar-refractivity contribution in [3.63, 3.8) is 0 Å². The Morgan fingerprint density at radius 1 is 1.48 bits per heavy atom. The molecule has 3 rings (SSSR count). The van der Waals surface area contributed by atoms with Crippen molar-refractivity contribution < 1.29 is 9.21 Å². The van der Waals surface area contributed by atoms with Crippen LogP contribution in [0.4, 0.5) is 5.69 Å². The highest BCUT2D eigenvalue weighted by Gasteiger charge is 2.22. The molecule has 23 heavy (non-hydrogen) atoms. The van der Waals surface area contributed by atoms with Crippen LogP contribution in [0.15, 0.2) is 27.4 Å². The molecule has 0 aliphatic carbocycles. The van der Waals surface area contributed by atoms with Crippen molar-refractivity contribution in [2.24, 2.45) is 0 Å². The second kappa shape index (κ2) is 6.55. The Kier molecular flexibility index (Phi) is 4.49. The minimum atomic E-state index is -0.372. The summed E-state index contributed by atoms with van der Waals surface area (Å²) in [5, 5.41) is 6.08. The number of nitrogens with one attached hydrogen (secondary N) is 2. The lowest BCUT2D eigenvalue weighted by molar-refractivity contribution is -0.117. The molecule has 1 amide bonds. The molecule has 0 radical (unpaired) electrons. The Labute approximate surface area is 134 Å². The van der Waals surface area contributed by atoms with Gasteiger partial charge in [0.15, 0.2) is 5.58 Å². The van der Waals surface area contributed by atoms with E-state index in [9.17, 15) is 9.59 Å². The van der Waals surface area contributed by atoms with Crippen LogP contribution in [0.1, 0.15) is 12.8 Å². The number of anilines is 1. The van der Waals surface area contributed by atoms with Crippen molar-refractivity contribution in [1.29, 1.82) is 0 Å². The number of likely N-dealkylation sites (N-methyl/N-ethyl adjacent to an activating group) is 1. The number of aromatic nitrogens is 1. The minimum absolute atomic E-state index is 0.0347. The van der Waals surface area contributed by atoms with Gasteiger partial charge in [-0.3, -0.25) is 9.36 Å². The summed E-state index contributed by atoms with van der Waals surface area (Å²) >= 11 is 0. The van der Waals surface area contributed by atoms with Gasteiger partial charge in [-0.25, -0.2) is 4.79 Å². The van der Waals surface area contributed by atoms with Crippen molar-refractivity contribution in [3.8, 4) is 0 Å². The fourth-order valence-corrected chi connectivity index (χ4v) is 2.79. The predicted octanol–water partition coefficient (Wildman–Crippen LogP) is 0.847. The van der Waals surface area contributed by atoms with E-state index in [0.717, 1.165) is 25.9 Å². The molecule has 2 N–H and O–H groups in total. The van der Waals surface area contributed by atoms with E-state index in [2.05, 4.69) is 10.6 Å². The van der Waals surface area contributed by atoms with Gasteiger partial charge in [-0.2, -0.15) is 0 Å². The van der Waals surface area contributed by atoms with Gasteiger partial charge in [0.05, 0.1) is 11.6 Å². The van der Waals surface area contributed by atoms with Gasteiger partial charge < -0.3 is 20.0 Å². The third-order valence-electron chi connectivity index (χ3n) is 4.08. The van der Waals surface area contributed by atoms with E-state index in [4.69, 9.17) is 4.42 Å². The molecule has 0 bridgehead atoms. The Bertz CT molecular complexity index is 756. The highest BCUT2D eigenvalue weighted by Crippen LogP contribution is 2.19. The third-order valence-corrected chi connectivity index (χ3v) is 4.08. The van der Waals surface area contributed by atoms with E-state index >= 15 is 0 Å². The Hall–Kier alpha value is -2.12. The smallest absolute Gasteiger partial charge is 0.408 e. The first-order chi connectivity index (χ1) is 11.0. The molecular formula is C16H22N4O3. The van der Waals surface area contributed by atoms with E-state index in [1.54, 1.807) is 22.8 Å². The van der Waals surface area contributed by atoms with Gasteiger partial charge in [0, 0.05) is 18.8 Å². The average Bonchev–Trinajstić information content (AvgIpc) is 3.12. The normalized spacial score (nSPS) is 18.0. The van der Waals surface area contributed by atoms with Crippen molar-refractivity contribution in [3.05, 3.63) is 28.7 Å². The molecule has 1 aromatic heterocycles.